The van der Waals surface area contributed by atoms with Gasteiger partial charge >= 0.3 is 0 Å². The van der Waals surface area contributed by atoms with Gasteiger partial charge in [-0.1, -0.05) is 19.3 Å². The summed E-state index contributed by atoms with van der Waals surface area (Å²) >= 11 is 0. The molecular formula is C18H33N3O3S. The van der Waals surface area contributed by atoms with Gasteiger partial charge in [-0.2, -0.15) is 0 Å². The van der Waals surface area contributed by atoms with Gasteiger partial charge in [0.05, 0.1) is 12.8 Å². The van der Waals surface area contributed by atoms with Crippen molar-refractivity contribution in [3.8, 4) is 0 Å². The number of sulfonamides is 1. The zero-order valence-electron chi connectivity index (χ0n) is 15.5. The number of carbonyl (C=O) groups excluding carboxylic acids is 1. The van der Waals surface area contributed by atoms with Crippen LogP contribution in [0.15, 0.2) is 0 Å². The number of piperidine rings is 1. The number of hydrogen-bond acceptors (Lipinski definition) is 4. The number of carbonyl (C=O) groups is 1. The number of amides is 1. The third kappa shape index (κ3) is 5.41. The molecule has 1 saturated carbocycles. The van der Waals surface area contributed by atoms with Gasteiger partial charge in [0, 0.05) is 31.6 Å². The van der Waals surface area contributed by atoms with Crippen LogP contribution in [0.3, 0.4) is 0 Å². The van der Waals surface area contributed by atoms with E-state index in [2.05, 4.69) is 9.62 Å². The highest BCUT2D eigenvalue weighted by molar-refractivity contribution is 7.88. The molecule has 25 heavy (non-hydrogen) atoms. The molecule has 0 aromatic rings. The fraction of sp³-hybridized carbons (Fsp3) is 0.944. The van der Waals surface area contributed by atoms with Crippen molar-refractivity contribution >= 4 is 15.9 Å². The minimum atomic E-state index is -3.31. The van der Waals surface area contributed by atoms with Crippen LogP contribution in [0, 0.1) is 11.3 Å². The molecule has 0 radical (unpaired) electrons. The van der Waals surface area contributed by atoms with Crippen LogP contribution >= 0.6 is 0 Å². The van der Waals surface area contributed by atoms with Crippen molar-refractivity contribution in [2.45, 2.75) is 51.4 Å². The second-order valence-corrected chi connectivity index (χ2v) is 10.3. The highest BCUT2D eigenvalue weighted by Gasteiger charge is 2.42. The predicted octanol–water partition coefficient (Wildman–Crippen LogP) is 1.43. The molecule has 3 fully saturated rings. The maximum atomic E-state index is 12.3. The number of nitrogens with zero attached hydrogens (tertiary/aromatic N) is 2. The van der Waals surface area contributed by atoms with E-state index < -0.39 is 10.0 Å². The van der Waals surface area contributed by atoms with E-state index >= 15 is 0 Å². The van der Waals surface area contributed by atoms with Crippen LogP contribution in [0.25, 0.3) is 0 Å². The lowest BCUT2D eigenvalue weighted by molar-refractivity contribution is -0.129. The molecule has 1 unspecified atom stereocenters. The van der Waals surface area contributed by atoms with E-state index in [1.165, 1.54) is 58.0 Å². The molecule has 144 valence electrons. The minimum Gasteiger partial charge on any atom is -0.341 e. The van der Waals surface area contributed by atoms with E-state index in [9.17, 15) is 13.2 Å². The topological polar surface area (TPSA) is 69.7 Å². The van der Waals surface area contributed by atoms with Crippen molar-refractivity contribution in [2.24, 2.45) is 11.3 Å². The van der Waals surface area contributed by atoms with Gasteiger partial charge in [-0.3, -0.25) is 4.79 Å². The Hall–Kier alpha value is -0.660. The summed E-state index contributed by atoms with van der Waals surface area (Å²) in [5.74, 6) is 0.772. The zero-order chi connectivity index (χ0) is 17.9. The van der Waals surface area contributed by atoms with Crippen molar-refractivity contribution in [3.05, 3.63) is 0 Å². The maximum absolute atomic E-state index is 12.3. The summed E-state index contributed by atoms with van der Waals surface area (Å²) in [6, 6.07) is 0. The van der Waals surface area contributed by atoms with Crippen molar-refractivity contribution in [2.75, 3.05) is 45.5 Å². The van der Waals surface area contributed by atoms with Gasteiger partial charge in [-0.15, -0.1) is 0 Å². The first-order chi connectivity index (χ1) is 11.9. The van der Waals surface area contributed by atoms with E-state index in [4.69, 9.17) is 0 Å². The van der Waals surface area contributed by atoms with Crippen LogP contribution in [-0.4, -0.2) is 69.6 Å². The van der Waals surface area contributed by atoms with Crippen LogP contribution in [0.1, 0.15) is 51.4 Å². The second-order valence-electron chi connectivity index (χ2n) is 8.50. The molecule has 7 heteroatoms. The third-order valence-corrected chi connectivity index (χ3v) is 6.93. The Bertz CT molecular complexity index is 574. The fourth-order valence-electron chi connectivity index (χ4n) is 4.99. The Kier molecular flexibility index (Phi) is 6.06. The van der Waals surface area contributed by atoms with Crippen molar-refractivity contribution in [1.29, 1.82) is 0 Å². The van der Waals surface area contributed by atoms with Crippen LogP contribution in [-0.2, 0) is 14.8 Å². The highest BCUT2D eigenvalue weighted by atomic mass is 32.2. The molecule has 1 N–H and O–H groups in total. The molecule has 0 aromatic heterocycles. The van der Waals surface area contributed by atoms with Crippen LogP contribution in [0.4, 0.5) is 0 Å². The van der Waals surface area contributed by atoms with E-state index in [-0.39, 0.29) is 17.9 Å². The molecule has 2 heterocycles. The standard InChI is InChI=1S/C18H33N3O3S/c1-25(23,24)19-12-17(22)21-11-9-18(15-21)8-5-10-20(14-18)13-16-6-3-2-4-7-16/h16,19H,2-15H2,1H3. The molecule has 0 bridgehead atoms. The molecule has 1 amide bonds. The third-order valence-electron chi connectivity index (χ3n) is 6.26. The molecule has 0 aromatic carbocycles. The fourth-order valence-corrected chi connectivity index (χ4v) is 5.37. The largest absolute Gasteiger partial charge is 0.341 e. The Morgan fingerprint density at radius 3 is 2.56 bits per heavy atom. The Morgan fingerprint density at radius 1 is 1.08 bits per heavy atom. The second kappa shape index (κ2) is 7.92. The molecule has 1 atom stereocenters. The number of nitrogens with one attached hydrogen (secondary N) is 1. The maximum Gasteiger partial charge on any atom is 0.237 e. The number of likely N-dealkylation sites (tertiary alicyclic amines) is 2. The predicted molar refractivity (Wildman–Crippen MR) is 98.7 cm³/mol. The quantitative estimate of drug-likeness (QED) is 0.794. The molecule has 2 aliphatic heterocycles. The first kappa shape index (κ1) is 19.1. The molecule has 3 aliphatic rings. The van der Waals surface area contributed by atoms with Gasteiger partial charge in [-0.05, 0) is 44.6 Å². The van der Waals surface area contributed by atoms with Crippen LogP contribution in [0.5, 0.6) is 0 Å². The molecule has 3 rings (SSSR count). The monoisotopic (exact) mass is 371 g/mol. The Labute approximate surface area is 152 Å². The molecular weight excluding hydrogens is 338 g/mol. The van der Waals surface area contributed by atoms with Gasteiger partial charge in [0.15, 0.2) is 0 Å². The van der Waals surface area contributed by atoms with E-state index in [0.29, 0.717) is 0 Å². The lowest BCUT2D eigenvalue weighted by Gasteiger charge is -2.42. The van der Waals surface area contributed by atoms with E-state index in [1.54, 1.807) is 0 Å². The molecule has 1 aliphatic carbocycles. The summed E-state index contributed by atoms with van der Waals surface area (Å²) in [6.07, 6.45) is 11.5. The van der Waals surface area contributed by atoms with E-state index in [1.807, 2.05) is 4.90 Å². The normalized spacial score (nSPS) is 29.4. The van der Waals surface area contributed by atoms with Crippen molar-refractivity contribution in [1.82, 2.24) is 14.5 Å². The minimum absolute atomic E-state index is 0.0910. The summed E-state index contributed by atoms with van der Waals surface area (Å²) in [5.41, 5.74) is 0.230. The summed E-state index contributed by atoms with van der Waals surface area (Å²) in [5, 5.41) is 0. The van der Waals surface area contributed by atoms with Gasteiger partial charge in [0.25, 0.3) is 0 Å². The summed E-state index contributed by atoms with van der Waals surface area (Å²) in [7, 11) is -3.31. The SMILES string of the molecule is CS(=O)(=O)NCC(=O)N1CCC2(CCCN(CC3CCCCC3)C2)C1. The first-order valence-corrected chi connectivity index (χ1v) is 11.7. The number of hydrogen-bond donors (Lipinski definition) is 1. The lowest BCUT2D eigenvalue weighted by atomic mass is 9.78. The van der Waals surface area contributed by atoms with Gasteiger partial charge < -0.3 is 9.80 Å². The van der Waals surface area contributed by atoms with Crippen LogP contribution in [0.2, 0.25) is 0 Å². The average Bonchev–Trinajstić information content (AvgIpc) is 2.96. The lowest BCUT2D eigenvalue weighted by Crippen LogP contribution is -2.47. The van der Waals surface area contributed by atoms with E-state index in [0.717, 1.165) is 38.2 Å². The Balaban J connectivity index is 1.51. The summed E-state index contributed by atoms with van der Waals surface area (Å²) < 4.78 is 24.7. The zero-order valence-corrected chi connectivity index (χ0v) is 16.3. The average molecular weight is 372 g/mol. The van der Waals surface area contributed by atoms with Gasteiger partial charge in [0.2, 0.25) is 15.9 Å². The van der Waals surface area contributed by atoms with Crippen LogP contribution < -0.4 is 4.72 Å². The highest BCUT2D eigenvalue weighted by Crippen LogP contribution is 2.39. The van der Waals surface area contributed by atoms with Gasteiger partial charge in [0.1, 0.15) is 0 Å². The molecule has 2 saturated heterocycles. The first-order valence-electron chi connectivity index (χ1n) is 9.80. The van der Waals surface area contributed by atoms with Crippen molar-refractivity contribution < 1.29 is 13.2 Å². The van der Waals surface area contributed by atoms with Crippen molar-refractivity contribution in [3.63, 3.8) is 0 Å². The smallest absolute Gasteiger partial charge is 0.237 e. The summed E-state index contributed by atoms with van der Waals surface area (Å²) in [4.78, 5) is 16.8. The number of rotatable bonds is 5. The van der Waals surface area contributed by atoms with Gasteiger partial charge in [-0.25, -0.2) is 13.1 Å². The Morgan fingerprint density at radius 2 is 1.84 bits per heavy atom. The molecule has 1 spiro atoms. The molecule has 6 nitrogen and oxygen atoms in total. The summed E-state index contributed by atoms with van der Waals surface area (Å²) in [6.45, 7) is 4.97.